The molecule has 0 aliphatic heterocycles. The van der Waals surface area contributed by atoms with Gasteiger partial charge in [0.15, 0.2) is 9.84 Å². The first-order chi connectivity index (χ1) is 10.4. The minimum Gasteiger partial charge on any atom is -0.353 e. The standard InChI is InChI=1S/C17H29NO3S/c1-11(2)10-22(20,21)7-6-17(19)18-16-9-12-8-15(16)14-5-3-4-13(12)14/h11-16H,3-10H2,1-2H3,(H,18,19). The van der Waals surface area contributed by atoms with Gasteiger partial charge in [-0.25, -0.2) is 8.42 Å². The molecular weight excluding hydrogens is 298 g/mol. The van der Waals surface area contributed by atoms with E-state index in [0.29, 0.717) is 12.0 Å². The molecule has 5 unspecified atom stereocenters. The third-order valence-electron chi connectivity index (χ3n) is 6.00. The Labute approximate surface area is 134 Å². The number of hydrogen-bond donors (Lipinski definition) is 1. The van der Waals surface area contributed by atoms with Crippen LogP contribution in [0.2, 0.25) is 0 Å². The minimum atomic E-state index is -3.09. The van der Waals surface area contributed by atoms with Gasteiger partial charge in [0, 0.05) is 12.5 Å². The van der Waals surface area contributed by atoms with E-state index < -0.39 is 9.84 Å². The lowest BCUT2D eigenvalue weighted by Crippen LogP contribution is -2.43. The van der Waals surface area contributed by atoms with Crippen molar-refractivity contribution in [3.8, 4) is 0 Å². The third-order valence-corrected chi connectivity index (χ3v) is 8.00. The van der Waals surface area contributed by atoms with E-state index in [2.05, 4.69) is 5.32 Å². The molecule has 5 heteroatoms. The normalized spacial score (nSPS) is 36.8. The van der Waals surface area contributed by atoms with Crippen molar-refractivity contribution in [2.75, 3.05) is 11.5 Å². The number of carbonyl (C=O) groups excluding carboxylic acids is 1. The number of nitrogens with one attached hydrogen (secondary N) is 1. The van der Waals surface area contributed by atoms with Crippen LogP contribution in [0.15, 0.2) is 0 Å². The van der Waals surface area contributed by atoms with Crippen LogP contribution >= 0.6 is 0 Å². The van der Waals surface area contributed by atoms with Crippen LogP contribution in [0.3, 0.4) is 0 Å². The number of amides is 1. The molecule has 1 amide bonds. The number of sulfone groups is 1. The van der Waals surface area contributed by atoms with Crippen LogP contribution < -0.4 is 5.32 Å². The molecule has 1 N–H and O–H groups in total. The van der Waals surface area contributed by atoms with Crippen molar-refractivity contribution in [1.82, 2.24) is 5.32 Å². The van der Waals surface area contributed by atoms with Crippen LogP contribution in [0.4, 0.5) is 0 Å². The first-order valence-electron chi connectivity index (χ1n) is 8.85. The molecule has 22 heavy (non-hydrogen) atoms. The van der Waals surface area contributed by atoms with Crippen molar-refractivity contribution in [1.29, 1.82) is 0 Å². The van der Waals surface area contributed by atoms with Gasteiger partial charge in [-0.15, -0.1) is 0 Å². The smallest absolute Gasteiger partial charge is 0.221 e. The molecule has 0 radical (unpaired) electrons. The Balaban J connectivity index is 1.47. The molecular formula is C17H29NO3S. The van der Waals surface area contributed by atoms with Gasteiger partial charge in [-0.3, -0.25) is 4.79 Å². The van der Waals surface area contributed by atoms with Gasteiger partial charge in [-0.2, -0.15) is 0 Å². The monoisotopic (exact) mass is 327 g/mol. The van der Waals surface area contributed by atoms with Gasteiger partial charge >= 0.3 is 0 Å². The van der Waals surface area contributed by atoms with E-state index in [1.807, 2.05) is 13.8 Å². The van der Waals surface area contributed by atoms with Gasteiger partial charge < -0.3 is 5.32 Å². The van der Waals surface area contributed by atoms with Gasteiger partial charge in [0.25, 0.3) is 0 Å². The average molecular weight is 327 g/mol. The summed E-state index contributed by atoms with van der Waals surface area (Å²) in [6.45, 7) is 3.79. The van der Waals surface area contributed by atoms with E-state index in [1.165, 1.54) is 25.7 Å². The fraction of sp³-hybridized carbons (Fsp3) is 0.941. The van der Waals surface area contributed by atoms with Crippen LogP contribution in [-0.4, -0.2) is 31.9 Å². The number of fused-ring (bicyclic) bond motifs is 5. The summed E-state index contributed by atoms with van der Waals surface area (Å²) in [4.78, 5) is 12.1. The second kappa shape index (κ2) is 6.14. The Bertz CT molecular complexity index is 528. The second-order valence-electron chi connectivity index (χ2n) is 8.09. The van der Waals surface area contributed by atoms with E-state index in [9.17, 15) is 13.2 Å². The van der Waals surface area contributed by atoms with Crippen molar-refractivity contribution in [3.63, 3.8) is 0 Å². The summed E-state index contributed by atoms with van der Waals surface area (Å²) in [6, 6.07) is 0.310. The molecule has 4 nitrogen and oxygen atoms in total. The van der Waals surface area contributed by atoms with Crippen molar-refractivity contribution < 1.29 is 13.2 Å². The third kappa shape index (κ3) is 3.34. The highest BCUT2D eigenvalue weighted by Crippen LogP contribution is 2.58. The molecule has 0 heterocycles. The molecule has 0 spiro atoms. The zero-order valence-corrected chi connectivity index (χ0v) is 14.6. The molecule has 3 aliphatic rings. The highest BCUT2D eigenvalue weighted by molar-refractivity contribution is 7.91. The lowest BCUT2D eigenvalue weighted by molar-refractivity contribution is -0.121. The highest BCUT2D eigenvalue weighted by Gasteiger charge is 2.53. The molecule has 0 aromatic heterocycles. The van der Waals surface area contributed by atoms with Crippen molar-refractivity contribution >= 4 is 15.7 Å². The molecule has 0 aromatic carbocycles. The molecule has 2 bridgehead atoms. The summed E-state index contributed by atoms with van der Waals surface area (Å²) in [6.07, 6.45) is 6.61. The van der Waals surface area contributed by atoms with Crippen LogP contribution in [-0.2, 0) is 14.6 Å². The van der Waals surface area contributed by atoms with Crippen molar-refractivity contribution in [2.24, 2.45) is 29.6 Å². The Morgan fingerprint density at radius 3 is 2.59 bits per heavy atom. The summed E-state index contributed by atoms with van der Waals surface area (Å²) in [5.41, 5.74) is 0. The van der Waals surface area contributed by atoms with Crippen LogP contribution in [0.25, 0.3) is 0 Å². The molecule has 3 aliphatic carbocycles. The molecule has 0 saturated heterocycles. The Morgan fingerprint density at radius 1 is 1.14 bits per heavy atom. The van der Waals surface area contributed by atoms with E-state index in [4.69, 9.17) is 0 Å². The maximum absolute atomic E-state index is 12.1. The lowest BCUT2D eigenvalue weighted by Gasteiger charge is -2.32. The Kier molecular flexibility index (Phi) is 4.54. The minimum absolute atomic E-state index is 0.0100. The molecule has 3 rings (SSSR count). The van der Waals surface area contributed by atoms with Gasteiger partial charge in [0.2, 0.25) is 5.91 Å². The quantitative estimate of drug-likeness (QED) is 0.815. The fourth-order valence-electron chi connectivity index (χ4n) is 5.35. The highest BCUT2D eigenvalue weighted by atomic mass is 32.2. The molecule has 0 aromatic rings. The van der Waals surface area contributed by atoms with E-state index in [0.717, 1.165) is 24.2 Å². The van der Waals surface area contributed by atoms with Gasteiger partial charge in [0.1, 0.15) is 0 Å². The van der Waals surface area contributed by atoms with E-state index in [-0.39, 0.29) is 29.8 Å². The van der Waals surface area contributed by atoms with Gasteiger partial charge in [0.05, 0.1) is 11.5 Å². The van der Waals surface area contributed by atoms with Gasteiger partial charge in [-0.05, 0) is 55.3 Å². The van der Waals surface area contributed by atoms with Crippen LogP contribution in [0, 0.1) is 29.6 Å². The molecule has 3 fully saturated rings. The average Bonchev–Trinajstić information content (AvgIpc) is 3.06. The molecule has 3 saturated carbocycles. The predicted octanol–water partition coefficient (Wildman–Crippen LogP) is 2.39. The largest absolute Gasteiger partial charge is 0.353 e. The number of carbonyl (C=O) groups is 1. The van der Waals surface area contributed by atoms with Crippen molar-refractivity contribution in [2.45, 2.75) is 58.4 Å². The second-order valence-corrected chi connectivity index (χ2v) is 10.3. The predicted molar refractivity (Wildman–Crippen MR) is 87.1 cm³/mol. The summed E-state index contributed by atoms with van der Waals surface area (Å²) >= 11 is 0. The van der Waals surface area contributed by atoms with Crippen molar-refractivity contribution in [3.05, 3.63) is 0 Å². The molecule has 126 valence electrons. The summed E-state index contributed by atoms with van der Waals surface area (Å²) < 4.78 is 23.8. The first-order valence-corrected chi connectivity index (χ1v) is 10.7. The Morgan fingerprint density at radius 2 is 1.86 bits per heavy atom. The summed E-state index contributed by atoms with van der Waals surface area (Å²) in [5.74, 6) is 3.44. The fourth-order valence-corrected chi connectivity index (χ4v) is 7.03. The SMILES string of the molecule is CC(C)CS(=O)(=O)CCC(=O)NC1CC2CC1C1CCCC21. The number of rotatable bonds is 6. The summed E-state index contributed by atoms with van der Waals surface area (Å²) in [7, 11) is -3.09. The topological polar surface area (TPSA) is 63.2 Å². The van der Waals surface area contributed by atoms with E-state index in [1.54, 1.807) is 0 Å². The number of hydrogen-bond acceptors (Lipinski definition) is 3. The maximum atomic E-state index is 12.1. The first kappa shape index (κ1) is 16.3. The van der Waals surface area contributed by atoms with Crippen LogP contribution in [0.5, 0.6) is 0 Å². The maximum Gasteiger partial charge on any atom is 0.221 e. The van der Waals surface area contributed by atoms with Crippen LogP contribution in [0.1, 0.15) is 52.4 Å². The van der Waals surface area contributed by atoms with E-state index >= 15 is 0 Å². The Hall–Kier alpha value is -0.580. The summed E-state index contributed by atoms with van der Waals surface area (Å²) in [5, 5.41) is 3.15. The van der Waals surface area contributed by atoms with Gasteiger partial charge in [-0.1, -0.05) is 20.3 Å². The zero-order chi connectivity index (χ0) is 15.9. The zero-order valence-electron chi connectivity index (χ0n) is 13.8. The lowest BCUT2D eigenvalue weighted by atomic mass is 9.79. The molecule has 5 atom stereocenters.